The highest BCUT2D eigenvalue weighted by Gasteiger charge is 2.50. The normalized spacial score (nSPS) is 25.5. The monoisotopic (exact) mass is 370 g/mol. The summed E-state index contributed by atoms with van der Waals surface area (Å²) in [5.74, 6) is 2.31. The first kappa shape index (κ1) is 18.6. The molecule has 1 saturated carbocycles. The number of hydrogen-bond acceptors (Lipinski definition) is 4. The maximum atomic E-state index is 9.80. The van der Waals surface area contributed by atoms with Gasteiger partial charge in [-0.3, -0.25) is 0 Å². The maximum absolute atomic E-state index is 9.80. The van der Waals surface area contributed by atoms with Crippen LogP contribution in [0.2, 0.25) is 0 Å². The second-order valence-electron chi connectivity index (χ2n) is 8.82. The Hall–Kier alpha value is -1.78. The summed E-state index contributed by atoms with van der Waals surface area (Å²) in [5, 5.41) is 21.7. The largest absolute Gasteiger partial charge is 0.490 e. The zero-order valence-electron chi connectivity index (χ0n) is 16.7. The molecule has 0 spiro atoms. The van der Waals surface area contributed by atoms with E-state index in [1.54, 1.807) is 13.8 Å². The predicted octanol–water partition coefficient (Wildman–Crippen LogP) is 4.21. The fraction of sp³-hybridized carbons (Fsp3) is 0.565. The molecule has 1 fully saturated rings. The zero-order valence-corrected chi connectivity index (χ0v) is 16.7. The first-order valence-electron chi connectivity index (χ1n) is 10.0. The molecule has 4 unspecified atom stereocenters. The fourth-order valence-corrected chi connectivity index (χ4v) is 4.98. The fourth-order valence-electron chi connectivity index (χ4n) is 4.98. The Balaban J connectivity index is 1.98. The van der Waals surface area contributed by atoms with Crippen LogP contribution < -0.4 is 9.47 Å². The zero-order chi connectivity index (χ0) is 19.3. The van der Waals surface area contributed by atoms with Crippen LogP contribution in [0, 0.1) is 6.92 Å². The van der Waals surface area contributed by atoms with Gasteiger partial charge in [-0.1, -0.05) is 24.6 Å². The van der Waals surface area contributed by atoms with Gasteiger partial charge in [-0.15, -0.1) is 0 Å². The van der Waals surface area contributed by atoms with E-state index in [1.807, 2.05) is 0 Å². The molecule has 0 aliphatic heterocycles. The molecule has 146 valence electrons. The van der Waals surface area contributed by atoms with Crippen LogP contribution in [0.5, 0.6) is 11.5 Å². The Morgan fingerprint density at radius 1 is 1.07 bits per heavy atom. The highest BCUT2D eigenvalue weighted by Crippen LogP contribution is 2.64. The molecule has 0 saturated heterocycles. The van der Waals surface area contributed by atoms with Gasteiger partial charge in [0, 0.05) is 21.9 Å². The van der Waals surface area contributed by atoms with E-state index in [1.165, 1.54) is 23.1 Å². The summed E-state index contributed by atoms with van der Waals surface area (Å²) in [7, 11) is 0. The first-order valence-corrected chi connectivity index (χ1v) is 10.0. The molecule has 0 amide bonds. The van der Waals surface area contributed by atoms with E-state index in [0.29, 0.717) is 5.92 Å². The Bertz CT molecular complexity index is 871. The Morgan fingerprint density at radius 2 is 1.74 bits per heavy atom. The molecule has 0 radical (unpaired) electrons. The minimum atomic E-state index is -0.515. The molecule has 4 heteroatoms. The van der Waals surface area contributed by atoms with E-state index in [-0.39, 0.29) is 18.6 Å². The van der Waals surface area contributed by atoms with Crippen molar-refractivity contribution in [1.29, 1.82) is 0 Å². The maximum Gasteiger partial charge on any atom is 0.131 e. The van der Waals surface area contributed by atoms with Gasteiger partial charge in [0.05, 0.1) is 12.2 Å². The summed E-state index contributed by atoms with van der Waals surface area (Å²) in [6.45, 7) is 8.47. The van der Waals surface area contributed by atoms with Crippen molar-refractivity contribution in [3.05, 3.63) is 34.9 Å². The van der Waals surface area contributed by atoms with Crippen LogP contribution in [-0.2, 0) is 5.41 Å². The molecule has 0 heterocycles. The number of benzene rings is 2. The van der Waals surface area contributed by atoms with Gasteiger partial charge >= 0.3 is 0 Å². The molecule has 2 aromatic carbocycles. The molecule has 27 heavy (non-hydrogen) atoms. The third-order valence-electron chi connectivity index (χ3n) is 6.10. The summed E-state index contributed by atoms with van der Waals surface area (Å²) in [4.78, 5) is 0. The van der Waals surface area contributed by atoms with Crippen molar-refractivity contribution in [3.63, 3.8) is 0 Å². The van der Waals surface area contributed by atoms with Crippen LogP contribution in [0.1, 0.15) is 62.6 Å². The molecule has 2 N–H and O–H groups in total. The van der Waals surface area contributed by atoms with E-state index in [4.69, 9.17) is 9.47 Å². The van der Waals surface area contributed by atoms with Crippen molar-refractivity contribution in [2.75, 3.05) is 13.2 Å². The lowest BCUT2D eigenvalue weighted by molar-refractivity contribution is 0.120. The van der Waals surface area contributed by atoms with Gasteiger partial charge in [-0.2, -0.15) is 0 Å². The summed E-state index contributed by atoms with van der Waals surface area (Å²) in [5.41, 5.74) is 3.79. The smallest absolute Gasteiger partial charge is 0.131 e. The second kappa shape index (κ2) is 6.68. The molecular weight excluding hydrogens is 340 g/mol. The highest BCUT2D eigenvalue weighted by atomic mass is 16.5. The minimum Gasteiger partial charge on any atom is -0.490 e. The van der Waals surface area contributed by atoms with Crippen molar-refractivity contribution < 1.29 is 19.7 Å². The van der Waals surface area contributed by atoms with Crippen LogP contribution in [0.25, 0.3) is 10.8 Å². The predicted molar refractivity (Wildman–Crippen MR) is 107 cm³/mol. The Kier molecular flexibility index (Phi) is 4.59. The number of hydrogen-bond donors (Lipinski definition) is 2. The number of ether oxygens (including phenoxy) is 2. The van der Waals surface area contributed by atoms with Crippen LogP contribution in [-0.4, -0.2) is 35.6 Å². The first-order chi connectivity index (χ1) is 12.8. The summed E-state index contributed by atoms with van der Waals surface area (Å²) < 4.78 is 12.4. The molecule has 4 nitrogen and oxygen atoms in total. The van der Waals surface area contributed by atoms with E-state index in [0.717, 1.165) is 35.1 Å². The van der Waals surface area contributed by atoms with Crippen molar-refractivity contribution in [2.24, 2.45) is 0 Å². The van der Waals surface area contributed by atoms with Crippen LogP contribution in [0.3, 0.4) is 0 Å². The lowest BCUT2D eigenvalue weighted by atomic mass is 9.78. The van der Waals surface area contributed by atoms with Gasteiger partial charge in [0.15, 0.2) is 0 Å². The van der Waals surface area contributed by atoms with E-state index >= 15 is 0 Å². The highest BCUT2D eigenvalue weighted by molar-refractivity contribution is 5.98. The van der Waals surface area contributed by atoms with Gasteiger partial charge in [-0.25, -0.2) is 0 Å². The van der Waals surface area contributed by atoms with Crippen molar-refractivity contribution in [2.45, 2.75) is 70.5 Å². The standard InChI is InChI=1S/C23H30O4/c1-13-5-6-17-18(9-13)21(26-11-14(2)24)19-16-7-8-23(4,10-16)20(19)22(17)27-12-15(3)25/h5-6,9,14-16,24-25H,7-8,10-12H2,1-4H3. The van der Waals surface area contributed by atoms with Gasteiger partial charge in [0.1, 0.15) is 24.7 Å². The average molecular weight is 370 g/mol. The van der Waals surface area contributed by atoms with Crippen LogP contribution in [0.15, 0.2) is 18.2 Å². The van der Waals surface area contributed by atoms with Gasteiger partial charge < -0.3 is 19.7 Å². The topological polar surface area (TPSA) is 58.9 Å². The van der Waals surface area contributed by atoms with Crippen LogP contribution in [0.4, 0.5) is 0 Å². The van der Waals surface area contributed by atoms with E-state index in [2.05, 4.69) is 32.0 Å². The third-order valence-corrected chi connectivity index (χ3v) is 6.10. The number of fused-ring (bicyclic) bond motifs is 6. The molecule has 4 rings (SSSR count). The summed E-state index contributed by atoms with van der Waals surface area (Å²) in [6.07, 6.45) is 2.41. The van der Waals surface area contributed by atoms with E-state index in [9.17, 15) is 10.2 Å². The quantitative estimate of drug-likeness (QED) is 0.800. The molecular formula is C23H30O4. The summed E-state index contributed by atoms with van der Waals surface area (Å²) in [6, 6.07) is 6.35. The lowest BCUT2D eigenvalue weighted by Gasteiger charge is -2.30. The SMILES string of the molecule is Cc1ccc2c(OCC(C)O)c3c(c(OCC(C)O)c2c1)C1CCC3(C)C1. The molecule has 2 aromatic rings. The van der Waals surface area contributed by atoms with Gasteiger partial charge in [0.2, 0.25) is 0 Å². The molecule has 2 aliphatic carbocycles. The minimum absolute atomic E-state index is 0.0933. The lowest BCUT2D eigenvalue weighted by Crippen LogP contribution is -2.21. The average Bonchev–Trinajstić information content (AvgIpc) is 3.12. The molecule has 2 bridgehead atoms. The van der Waals surface area contributed by atoms with Gasteiger partial charge in [-0.05, 0) is 57.4 Å². The molecule has 2 aliphatic rings. The van der Waals surface area contributed by atoms with Gasteiger partial charge in [0.25, 0.3) is 0 Å². The Morgan fingerprint density at radius 3 is 2.41 bits per heavy atom. The van der Waals surface area contributed by atoms with Crippen molar-refractivity contribution in [3.8, 4) is 11.5 Å². The molecule has 0 aromatic heterocycles. The van der Waals surface area contributed by atoms with E-state index < -0.39 is 12.2 Å². The summed E-state index contributed by atoms with van der Waals surface area (Å²) >= 11 is 0. The Labute approximate surface area is 161 Å². The van der Waals surface area contributed by atoms with Crippen molar-refractivity contribution in [1.82, 2.24) is 0 Å². The third kappa shape index (κ3) is 3.09. The number of aryl methyl sites for hydroxylation is 1. The second-order valence-corrected chi connectivity index (χ2v) is 8.82. The number of aliphatic hydroxyl groups is 2. The number of aliphatic hydroxyl groups excluding tert-OH is 2. The van der Waals surface area contributed by atoms with Crippen molar-refractivity contribution >= 4 is 10.8 Å². The van der Waals surface area contributed by atoms with Crippen LogP contribution >= 0.6 is 0 Å². The number of rotatable bonds is 6. The molecule has 4 atom stereocenters.